The SMILES string of the molecule is CC(=O)N[C@@H]1[C@H](OCc2ccccc2)O[C@H](CN=[N+]=[N-])[C@H](O)[C@H]1O. The van der Waals surface area contributed by atoms with Crippen molar-refractivity contribution in [2.75, 3.05) is 6.54 Å². The highest BCUT2D eigenvalue weighted by Gasteiger charge is 2.45. The normalized spacial score (nSPS) is 29.5. The molecule has 9 nitrogen and oxygen atoms in total. The topological polar surface area (TPSA) is 137 Å². The maximum atomic E-state index is 11.4. The number of carbonyl (C=O) groups is 1. The molecule has 1 heterocycles. The van der Waals surface area contributed by atoms with E-state index in [4.69, 9.17) is 15.0 Å². The van der Waals surface area contributed by atoms with Gasteiger partial charge < -0.3 is 25.0 Å². The molecule has 0 spiro atoms. The standard InChI is InChI=1S/C15H20N4O5/c1-9(20)18-12-14(22)13(21)11(7-17-19-16)24-15(12)23-8-10-5-3-2-4-6-10/h2-6,11-15,21-22H,7-8H2,1H3,(H,18,20)/t11-,12+,13+,14+,15-/m1/s1. The van der Waals surface area contributed by atoms with Crippen LogP contribution < -0.4 is 5.32 Å². The Kier molecular flexibility index (Phi) is 6.53. The first-order valence-electron chi connectivity index (χ1n) is 7.48. The number of ether oxygens (including phenoxy) is 2. The van der Waals surface area contributed by atoms with Crippen LogP contribution in [0.2, 0.25) is 0 Å². The molecule has 9 heteroatoms. The van der Waals surface area contributed by atoms with Crippen molar-refractivity contribution in [1.82, 2.24) is 5.32 Å². The van der Waals surface area contributed by atoms with Gasteiger partial charge in [0.15, 0.2) is 6.29 Å². The molecule has 0 saturated carbocycles. The maximum absolute atomic E-state index is 11.4. The van der Waals surface area contributed by atoms with Crippen molar-refractivity contribution in [1.29, 1.82) is 0 Å². The third-order valence-electron chi connectivity index (χ3n) is 3.65. The zero-order valence-corrected chi connectivity index (χ0v) is 13.1. The lowest BCUT2D eigenvalue weighted by molar-refractivity contribution is -0.265. The fraction of sp³-hybridized carbons (Fsp3) is 0.533. The van der Waals surface area contributed by atoms with Gasteiger partial charge in [0.05, 0.1) is 19.3 Å². The van der Waals surface area contributed by atoms with E-state index >= 15 is 0 Å². The van der Waals surface area contributed by atoms with Gasteiger partial charge in [-0.1, -0.05) is 35.4 Å². The first-order valence-corrected chi connectivity index (χ1v) is 7.48. The lowest BCUT2D eigenvalue weighted by atomic mass is 9.96. The van der Waals surface area contributed by atoms with Gasteiger partial charge in [-0.2, -0.15) is 0 Å². The molecule has 1 aromatic rings. The van der Waals surface area contributed by atoms with Gasteiger partial charge in [0.1, 0.15) is 18.2 Å². The molecule has 0 aromatic heterocycles. The Morgan fingerprint density at radius 1 is 1.38 bits per heavy atom. The summed E-state index contributed by atoms with van der Waals surface area (Å²) in [4.78, 5) is 14.0. The van der Waals surface area contributed by atoms with Crippen LogP contribution in [-0.2, 0) is 20.9 Å². The van der Waals surface area contributed by atoms with Gasteiger partial charge in [-0.25, -0.2) is 0 Å². The molecule has 1 aromatic carbocycles. The summed E-state index contributed by atoms with van der Waals surface area (Å²) >= 11 is 0. The van der Waals surface area contributed by atoms with Gasteiger partial charge in [-0.05, 0) is 11.1 Å². The highest BCUT2D eigenvalue weighted by atomic mass is 16.7. The highest BCUT2D eigenvalue weighted by Crippen LogP contribution is 2.23. The minimum Gasteiger partial charge on any atom is -0.388 e. The molecule has 0 unspecified atom stereocenters. The van der Waals surface area contributed by atoms with E-state index in [1.807, 2.05) is 30.3 Å². The van der Waals surface area contributed by atoms with Crippen molar-refractivity contribution in [2.45, 2.75) is 44.2 Å². The predicted molar refractivity (Wildman–Crippen MR) is 83.5 cm³/mol. The molecular weight excluding hydrogens is 316 g/mol. The molecule has 0 radical (unpaired) electrons. The molecule has 1 fully saturated rings. The Hall–Kier alpha value is -2.16. The van der Waals surface area contributed by atoms with E-state index in [1.54, 1.807) is 0 Å². The first kappa shape index (κ1) is 18.2. The summed E-state index contributed by atoms with van der Waals surface area (Å²) < 4.78 is 11.3. The molecule has 2 rings (SSSR count). The summed E-state index contributed by atoms with van der Waals surface area (Å²) in [5.74, 6) is -0.392. The van der Waals surface area contributed by atoms with Crippen LogP contribution in [0.15, 0.2) is 35.4 Å². The number of hydrogen-bond donors (Lipinski definition) is 3. The Balaban J connectivity index is 2.11. The molecule has 1 aliphatic heterocycles. The number of nitrogens with zero attached hydrogens (tertiary/aromatic N) is 3. The van der Waals surface area contributed by atoms with E-state index < -0.39 is 36.6 Å². The van der Waals surface area contributed by atoms with Crippen LogP contribution in [0.5, 0.6) is 0 Å². The molecule has 3 N–H and O–H groups in total. The number of azide groups is 1. The van der Waals surface area contributed by atoms with Gasteiger partial charge in [0, 0.05) is 11.8 Å². The molecule has 0 aliphatic carbocycles. The third kappa shape index (κ3) is 4.67. The number of amides is 1. The lowest BCUT2D eigenvalue weighted by Crippen LogP contribution is -2.64. The minimum absolute atomic E-state index is 0.160. The zero-order chi connectivity index (χ0) is 17.5. The van der Waals surface area contributed by atoms with Gasteiger partial charge >= 0.3 is 0 Å². The maximum Gasteiger partial charge on any atom is 0.217 e. The van der Waals surface area contributed by atoms with Crippen LogP contribution in [0.3, 0.4) is 0 Å². The minimum atomic E-state index is -1.32. The number of rotatable bonds is 6. The van der Waals surface area contributed by atoms with E-state index in [0.717, 1.165) is 5.56 Å². The van der Waals surface area contributed by atoms with E-state index in [9.17, 15) is 15.0 Å². The van der Waals surface area contributed by atoms with Crippen molar-refractivity contribution >= 4 is 5.91 Å². The van der Waals surface area contributed by atoms with E-state index in [2.05, 4.69) is 15.3 Å². The number of nitrogens with one attached hydrogen (secondary N) is 1. The largest absolute Gasteiger partial charge is 0.388 e. The van der Waals surface area contributed by atoms with Crippen LogP contribution in [-0.4, -0.2) is 53.3 Å². The van der Waals surface area contributed by atoms with Crippen molar-refractivity contribution in [3.8, 4) is 0 Å². The van der Waals surface area contributed by atoms with Crippen LogP contribution in [0.25, 0.3) is 10.4 Å². The van der Waals surface area contributed by atoms with Crippen molar-refractivity contribution in [2.24, 2.45) is 5.11 Å². The number of hydrogen-bond acceptors (Lipinski definition) is 6. The predicted octanol–water partition coefficient (Wildman–Crippen LogP) is 0.465. The average Bonchev–Trinajstić information content (AvgIpc) is 2.58. The second-order valence-electron chi connectivity index (χ2n) is 5.46. The summed E-state index contributed by atoms with van der Waals surface area (Å²) in [7, 11) is 0. The monoisotopic (exact) mass is 336 g/mol. The number of carbonyl (C=O) groups excluding carboxylic acids is 1. The Morgan fingerprint density at radius 3 is 2.71 bits per heavy atom. The summed E-state index contributed by atoms with van der Waals surface area (Å²) in [5, 5.41) is 26.2. The number of aliphatic hydroxyl groups is 2. The molecule has 130 valence electrons. The van der Waals surface area contributed by atoms with E-state index in [-0.39, 0.29) is 13.2 Å². The van der Waals surface area contributed by atoms with Crippen molar-refractivity contribution in [3.05, 3.63) is 46.3 Å². The van der Waals surface area contributed by atoms with E-state index in [0.29, 0.717) is 0 Å². The zero-order valence-electron chi connectivity index (χ0n) is 13.1. The fourth-order valence-corrected chi connectivity index (χ4v) is 2.48. The number of aliphatic hydroxyl groups excluding tert-OH is 2. The van der Waals surface area contributed by atoms with Crippen molar-refractivity contribution in [3.63, 3.8) is 0 Å². The first-order chi connectivity index (χ1) is 11.5. The average molecular weight is 336 g/mol. The Bertz CT molecular complexity index is 593. The molecule has 1 aliphatic rings. The van der Waals surface area contributed by atoms with Crippen molar-refractivity contribution < 1.29 is 24.5 Å². The Morgan fingerprint density at radius 2 is 2.08 bits per heavy atom. The van der Waals surface area contributed by atoms with Crippen LogP contribution in [0.1, 0.15) is 12.5 Å². The Labute approximate surface area is 138 Å². The van der Waals surface area contributed by atoms with E-state index in [1.165, 1.54) is 6.92 Å². The summed E-state index contributed by atoms with van der Waals surface area (Å²) in [6, 6.07) is 8.36. The quantitative estimate of drug-likeness (QED) is 0.394. The fourth-order valence-electron chi connectivity index (χ4n) is 2.48. The molecule has 5 atom stereocenters. The van der Waals surface area contributed by atoms with Crippen LogP contribution >= 0.6 is 0 Å². The van der Waals surface area contributed by atoms with Gasteiger partial charge in [0.25, 0.3) is 0 Å². The molecule has 1 saturated heterocycles. The second-order valence-corrected chi connectivity index (χ2v) is 5.46. The second kappa shape index (κ2) is 8.62. The van der Waals surface area contributed by atoms with Crippen LogP contribution in [0.4, 0.5) is 0 Å². The number of benzene rings is 1. The molecule has 1 amide bonds. The highest BCUT2D eigenvalue weighted by molar-refractivity contribution is 5.73. The lowest BCUT2D eigenvalue weighted by Gasteiger charge is -2.42. The molecular formula is C15H20N4O5. The summed E-state index contributed by atoms with van der Waals surface area (Å²) in [5.41, 5.74) is 9.29. The smallest absolute Gasteiger partial charge is 0.217 e. The third-order valence-corrected chi connectivity index (χ3v) is 3.65. The van der Waals surface area contributed by atoms with Gasteiger partial charge in [-0.3, -0.25) is 4.79 Å². The van der Waals surface area contributed by atoms with Crippen LogP contribution in [0, 0.1) is 0 Å². The molecule has 24 heavy (non-hydrogen) atoms. The summed E-state index contributed by atoms with van der Waals surface area (Å²) in [6.45, 7) is 1.32. The van der Waals surface area contributed by atoms with Gasteiger partial charge in [-0.15, -0.1) is 0 Å². The summed E-state index contributed by atoms with van der Waals surface area (Å²) in [6.07, 6.45) is -4.56. The molecule has 0 bridgehead atoms. The van der Waals surface area contributed by atoms with Gasteiger partial charge in [0.2, 0.25) is 5.91 Å².